The summed E-state index contributed by atoms with van der Waals surface area (Å²) in [5, 5.41) is 11.0. The van der Waals surface area contributed by atoms with Crippen LogP contribution in [0, 0.1) is 17.0 Å². The van der Waals surface area contributed by atoms with Crippen LogP contribution in [0.3, 0.4) is 0 Å². The molecule has 2 aromatic rings. The summed E-state index contributed by atoms with van der Waals surface area (Å²) in [6, 6.07) is 5.91. The molecule has 0 radical (unpaired) electrons. The fraction of sp³-hybridized carbons (Fsp3) is 0.250. The van der Waals surface area contributed by atoms with E-state index in [0.29, 0.717) is 5.56 Å². The molecule has 8 nitrogen and oxygen atoms in total. The zero-order valence-electron chi connectivity index (χ0n) is 14.6. The molecule has 0 aliphatic heterocycles. The van der Waals surface area contributed by atoms with E-state index in [4.69, 9.17) is 16.3 Å². The van der Waals surface area contributed by atoms with E-state index in [1.165, 1.54) is 32.2 Å². The first-order valence-electron chi connectivity index (χ1n) is 7.61. The largest absolute Gasteiger partial charge is 0.493 e. The van der Waals surface area contributed by atoms with Crippen LogP contribution in [-0.4, -0.2) is 27.1 Å². The Labute approximate surface area is 164 Å². The highest BCUT2D eigenvalue weighted by Crippen LogP contribution is 2.31. The summed E-state index contributed by atoms with van der Waals surface area (Å²) >= 11 is 5.90. The molecule has 28 heavy (non-hydrogen) atoms. The fourth-order valence-corrected chi connectivity index (χ4v) is 3.60. The minimum absolute atomic E-state index is 0.00832. The molecular weight excluding hydrogens is 422 g/mol. The van der Waals surface area contributed by atoms with Crippen LogP contribution >= 0.6 is 11.6 Å². The van der Waals surface area contributed by atoms with Gasteiger partial charge in [-0.15, -0.1) is 0 Å². The molecule has 0 saturated heterocycles. The van der Waals surface area contributed by atoms with Crippen LogP contribution in [0.25, 0.3) is 0 Å². The van der Waals surface area contributed by atoms with Gasteiger partial charge in [0.2, 0.25) is 10.0 Å². The lowest BCUT2D eigenvalue weighted by molar-refractivity contribution is -0.385. The lowest BCUT2D eigenvalue weighted by atomic mass is 10.2. The molecule has 0 heterocycles. The van der Waals surface area contributed by atoms with Crippen molar-refractivity contribution in [2.24, 2.45) is 0 Å². The van der Waals surface area contributed by atoms with Gasteiger partial charge >= 0.3 is 6.61 Å². The highest BCUT2D eigenvalue weighted by molar-refractivity contribution is 7.89. The number of alkyl halides is 2. The number of nitro groups is 1. The van der Waals surface area contributed by atoms with Gasteiger partial charge in [-0.1, -0.05) is 17.7 Å². The van der Waals surface area contributed by atoms with Crippen molar-refractivity contribution in [2.45, 2.75) is 25.0 Å². The Bertz CT molecular complexity index is 1000. The maximum atomic E-state index is 12.5. The molecule has 0 spiro atoms. The number of ether oxygens (including phenoxy) is 2. The van der Waals surface area contributed by atoms with Crippen LogP contribution in [0.5, 0.6) is 11.5 Å². The van der Waals surface area contributed by atoms with E-state index in [-0.39, 0.29) is 33.5 Å². The van der Waals surface area contributed by atoms with Gasteiger partial charge < -0.3 is 9.47 Å². The number of sulfonamides is 1. The Morgan fingerprint density at radius 1 is 1.25 bits per heavy atom. The van der Waals surface area contributed by atoms with E-state index in [0.717, 1.165) is 12.1 Å². The Hall–Kier alpha value is -2.50. The third-order valence-corrected chi connectivity index (χ3v) is 5.48. The summed E-state index contributed by atoms with van der Waals surface area (Å²) < 4.78 is 61.1. The smallest absolute Gasteiger partial charge is 0.387 e. The highest BCUT2D eigenvalue weighted by Gasteiger charge is 2.22. The number of hydrogen-bond donors (Lipinski definition) is 1. The van der Waals surface area contributed by atoms with Gasteiger partial charge in [0.15, 0.2) is 11.5 Å². The van der Waals surface area contributed by atoms with Gasteiger partial charge in [0, 0.05) is 18.2 Å². The molecule has 2 aromatic carbocycles. The standard InChI is InChI=1S/C16H15ClF2N2O6S/c1-9-12(17)6-11(7-13(9)21(22)23)28(24,25)20-8-10-3-4-14(27-16(18)19)15(5-10)26-2/h3-7,16,20H,8H2,1-2H3. The normalized spacial score (nSPS) is 11.5. The molecule has 0 atom stereocenters. The first-order valence-corrected chi connectivity index (χ1v) is 9.47. The SMILES string of the molecule is COc1cc(CNS(=O)(=O)c2cc(Cl)c(C)c([N+](=O)[O-])c2)ccc1OC(F)F. The second kappa shape index (κ2) is 8.67. The van der Waals surface area contributed by atoms with Gasteiger partial charge in [0.25, 0.3) is 5.69 Å². The van der Waals surface area contributed by atoms with Crippen LogP contribution in [0.4, 0.5) is 14.5 Å². The van der Waals surface area contributed by atoms with E-state index >= 15 is 0 Å². The van der Waals surface area contributed by atoms with Gasteiger partial charge in [0.05, 0.1) is 22.0 Å². The quantitative estimate of drug-likeness (QED) is 0.500. The van der Waals surface area contributed by atoms with Crippen molar-refractivity contribution < 1.29 is 31.6 Å². The molecule has 0 aliphatic rings. The summed E-state index contributed by atoms with van der Waals surface area (Å²) in [7, 11) is -2.89. The molecule has 1 N–H and O–H groups in total. The third-order valence-electron chi connectivity index (χ3n) is 3.71. The highest BCUT2D eigenvalue weighted by atomic mass is 35.5. The molecule has 0 bridgehead atoms. The predicted octanol–water partition coefficient (Wildman–Crippen LogP) is 3.65. The molecule has 0 amide bonds. The molecule has 0 unspecified atom stereocenters. The number of benzene rings is 2. The van der Waals surface area contributed by atoms with Crippen LogP contribution < -0.4 is 14.2 Å². The Kier molecular flexibility index (Phi) is 6.75. The Balaban J connectivity index is 2.25. The van der Waals surface area contributed by atoms with Gasteiger partial charge in [0.1, 0.15) is 0 Å². The molecule has 2 rings (SSSR count). The minimum Gasteiger partial charge on any atom is -0.493 e. The maximum absolute atomic E-state index is 12.5. The molecule has 152 valence electrons. The predicted molar refractivity (Wildman–Crippen MR) is 96.5 cm³/mol. The van der Waals surface area contributed by atoms with Crippen LogP contribution in [0.2, 0.25) is 5.02 Å². The molecule has 0 aromatic heterocycles. The zero-order valence-corrected chi connectivity index (χ0v) is 16.2. The molecule has 12 heteroatoms. The summed E-state index contributed by atoms with van der Waals surface area (Å²) in [6.45, 7) is -1.87. The molecule has 0 saturated carbocycles. The average molecular weight is 437 g/mol. The van der Waals surface area contributed by atoms with Crippen LogP contribution in [-0.2, 0) is 16.6 Å². The Morgan fingerprint density at radius 3 is 2.50 bits per heavy atom. The van der Waals surface area contributed by atoms with Crippen molar-refractivity contribution in [2.75, 3.05) is 7.11 Å². The van der Waals surface area contributed by atoms with Crippen molar-refractivity contribution >= 4 is 27.3 Å². The summed E-state index contributed by atoms with van der Waals surface area (Å²) in [5.41, 5.74) is 0.0998. The number of nitro benzene ring substituents is 1. The lowest BCUT2D eigenvalue weighted by Crippen LogP contribution is -2.23. The summed E-state index contributed by atoms with van der Waals surface area (Å²) in [6.07, 6.45) is 0. The van der Waals surface area contributed by atoms with E-state index < -0.39 is 27.2 Å². The van der Waals surface area contributed by atoms with Crippen molar-refractivity contribution in [1.29, 1.82) is 0 Å². The third kappa shape index (κ3) is 5.06. The first kappa shape index (κ1) is 21.8. The van der Waals surface area contributed by atoms with Gasteiger partial charge in [-0.25, -0.2) is 13.1 Å². The van der Waals surface area contributed by atoms with Gasteiger partial charge in [-0.2, -0.15) is 8.78 Å². The summed E-state index contributed by atoms with van der Waals surface area (Å²) in [5.74, 6) is -0.212. The van der Waals surface area contributed by atoms with E-state index in [1.807, 2.05) is 0 Å². The summed E-state index contributed by atoms with van der Waals surface area (Å²) in [4.78, 5) is 9.96. The lowest BCUT2D eigenvalue weighted by Gasteiger charge is -2.12. The average Bonchev–Trinajstić information content (AvgIpc) is 2.62. The van der Waals surface area contributed by atoms with Crippen molar-refractivity contribution in [1.82, 2.24) is 4.72 Å². The van der Waals surface area contributed by atoms with E-state index in [2.05, 4.69) is 9.46 Å². The molecule has 0 aliphatic carbocycles. The topological polar surface area (TPSA) is 108 Å². The monoisotopic (exact) mass is 436 g/mol. The molecule has 0 fully saturated rings. The van der Waals surface area contributed by atoms with Gasteiger partial charge in [-0.05, 0) is 30.7 Å². The number of hydrogen-bond acceptors (Lipinski definition) is 6. The second-order valence-corrected chi connectivity index (χ2v) is 7.67. The first-order chi connectivity index (χ1) is 13.0. The van der Waals surface area contributed by atoms with E-state index in [9.17, 15) is 27.3 Å². The number of nitrogens with zero attached hydrogens (tertiary/aromatic N) is 1. The number of nitrogens with one attached hydrogen (secondary N) is 1. The number of halogens is 3. The number of methoxy groups -OCH3 is 1. The molecular formula is C16H15ClF2N2O6S. The maximum Gasteiger partial charge on any atom is 0.387 e. The van der Waals surface area contributed by atoms with Crippen LogP contribution in [0.1, 0.15) is 11.1 Å². The van der Waals surface area contributed by atoms with Crippen molar-refractivity contribution in [3.05, 3.63) is 56.6 Å². The van der Waals surface area contributed by atoms with E-state index in [1.54, 1.807) is 0 Å². The zero-order chi connectivity index (χ0) is 21.1. The van der Waals surface area contributed by atoms with Crippen LogP contribution in [0.15, 0.2) is 35.2 Å². The Morgan fingerprint density at radius 2 is 1.93 bits per heavy atom. The fourth-order valence-electron chi connectivity index (χ4n) is 2.26. The minimum atomic E-state index is -4.13. The van der Waals surface area contributed by atoms with Crippen molar-refractivity contribution in [3.8, 4) is 11.5 Å². The second-order valence-electron chi connectivity index (χ2n) is 5.49. The van der Waals surface area contributed by atoms with Gasteiger partial charge in [-0.3, -0.25) is 10.1 Å². The number of rotatable bonds is 8. The van der Waals surface area contributed by atoms with Crippen molar-refractivity contribution in [3.63, 3.8) is 0 Å².